The van der Waals surface area contributed by atoms with E-state index < -0.39 is 11.6 Å². The smallest absolute Gasteiger partial charge is 0.201 e. The van der Waals surface area contributed by atoms with Gasteiger partial charge in [0.25, 0.3) is 0 Å². The van der Waals surface area contributed by atoms with Gasteiger partial charge in [0.2, 0.25) is 5.82 Å². The molecule has 0 aliphatic carbocycles. The average Bonchev–Trinajstić information content (AvgIpc) is 2.44. The first-order chi connectivity index (χ1) is 6.11. The first kappa shape index (κ1) is 8.69. The third-order valence-corrected chi connectivity index (χ3v) is 2.50. The number of furan rings is 1. The van der Waals surface area contributed by atoms with Crippen LogP contribution in [0.1, 0.15) is 5.56 Å². The lowest BCUT2D eigenvalue weighted by atomic mass is 10.2. The van der Waals surface area contributed by atoms with Gasteiger partial charge in [-0.15, -0.1) is 0 Å². The molecule has 0 atom stereocenters. The first-order valence-corrected chi connectivity index (χ1v) is 4.42. The van der Waals surface area contributed by atoms with Crippen LogP contribution in [0.2, 0.25) is 0 Å². The van der Waals surface area contributed by atoms with Gasteiger partial charge in [0.1, 0.15) is 0 Å². The molecule has 1 aromatic carbocycles. The monoisotopic (exact) mass is 246 g/mol. The van der Waals surface area contributed by atoms with E-state index in [2.05, 4.69) is 15.9 Å². The Balaban J connectivity index is 2.99. The van der Waals surface area contributed by atoms with Crippen molar-refractivity contribution in [2.24, 2.45) is 0 Å². The summed E-state index contributed by atoms with van der Waals surface area (Å²) in [6, 6.07) is 1.10. The molecular formula is C9H5BrF2O. The standard InChI is InChI=1S/C9H5BrF2O/c1-4-3-13-9-7(4)5(10)2-6(11)8(9)12/h2-3H,1H3. The fraction of sp³-hybridized carbons (Fsp3) is 0.111. The molecule has 0 bridgehead atoms. The number of benzene rings is 1. The van der Waals surface area contributed by atoms with Crippen molar-refractivity contribution in [3.8, 4) is 0 Å². The summed E-state index contributed by atoms with van der Waals surface area (Å²) in [6.07, 6.45) is 1.40. The highest BCUT2D eigenvalue weighted by atomic mass is 79.9. The van der Waals surface area contributed by atoms with Gasteiger partial charge in [-0.05, 0) is 34.5 Å². The molecule has 2 aromatic rings. The summed E-state index contributed by atoms with van der Waals surface area (Å²) < 4.78 is 31.4. The summed E-state index contributed by atoms with van der Waals surface area (Å²) in [4.78, 5) is 0. The van der Waals surface area contributed by atoms with Gasteiger partial charge >= 0.3 is 0 Å². The minimum Gasteiger partial charge on any atom is -0.461 e. The lowest BCUT2D eigenvalue weighted by Crippen LogP contribution is -1.85. The van der Waals surface area contributed by atoms with Crippen molar-refractivity contribution in [3.63, 3.8) is 0 Å². The van der Waals surface area contributed by atoms with E-state index in [1.165, 1.54) is 6.26 Å². The Labute approximate surface area is 81.5 Å². The maximum Gasteiger partial charge on any atom is 0.201 e. The van der Waals surface area contributed by atoms with E-state index >= 15 is 0 Å². The van der Waals surface area contributed by atoms with Crippen LogP contribution in [-0.2, 0) is 0 Å². The third-order valence-electron chi connectivity index (χ3n) is 1.88. The van der Waals surface area contributed by atoms with Crippen LogP contribution < -0.4 is 0 Å². The highest BCUT2D eigenvalue weighted by Gasteiger charge is 2.15. The number of hydrogen-bond acceptors (Lipinski definition) is 1. The van der Waals surface area contributed by atoms with Crippen molar-refractivity contribution in [1.82, 2.24) is 0 Å². The van der Waals surface area contributed by atoms with Gasteiger partial charge in [0.05, 0.1) is 6.26 Å². The molecule has 0 radical (unpaired) electrons. The molecule has 2 rings (SSSR count). The molecule has 0 saturated heterocycles. The van der Waals surface area contributed by atoms with Gasteiger partial charge in [-0.1, -0.05) is 0 Å². The van der Waals surface area contributed by atoms with Gasteiger partial charge in [-0.25, -0.2) is 4.39 Å². The second-order valence-corrected chi connectivity index (χ2v) is 3.63. The second-order valence-electron chi connectivity index (χ2n) is 2.78. The average molecular weight is 247 g/mol. The number of halogens is 3. The molecule has 1 aromatic heterocycles. The van der Waals surface area contributed by atoms with Crippen LogP contribution in [0, 0.1) is 18.6 Å². The van der Waals surface area contributed by atoms with E-state index in [0.29, 0.717) is 9.86 Å². The van der Waals surface area contributed by atoms with E-state index in [9.17, 15) is 8.78 Å². The Morgan fingerprint density at radius 2 is 2.08 bits per heavy atom. The summed E-state index contributed by atoms with van der Waals surface area (Å²) in [5.41, 5.74) is 0.741. The molecule has 1 heterocycles. The molecule has 1 nitrogen and oxygen atoms in total. The van der Waals surface area contributed by atoms with Gasteiger partial charge in [-0.2, -0.15) is 4.39 Å². The lowest BCUT2D eigenvalue weighted by molar-refractivity contribution is 0.491. The summed E-state index contributed by atoms with van der Waals surface area (Å²) in [5.74, 6) is -1.85. The molecule has 0 N–H and O–H groups in total. The maximum absolute atomic E-state index is 13.1. The van der Waals surface area contributed by atoms with Crippen molar-refractivity contribution in [1.29, 1.82) is 0 Å². The summed E-state index contributed by atoms with van der Waals surface area (Å²) in [7, 11) is 0. The quantitative estimate of drug-likeness (QED) is 0.645. The maximum atomic E-state index is 13.1. The minimum absolute atomic E-state index is 0.0376. The Bertz CT molecular complexity index is 476. The highest BCUT2D eigenvalue weighted by molar-refractivity contribution is 9.10. The van der Waals surface area contributed by atoms with Crippen LogP contribution in [0.15, 0.2) is 21.2 Å². The van der Waals surface area contributed by atoms with Crippen LogP contribution in [0.4, 0.5) is 8.78 Å². The van der Waals surface area contributed by atoms with E-state index in [1.807, 2.05) is 0 Å². The normalized spacial score (nSPS) is 11.1. The lowest BCUT2D eigenvalue weighted by Gasteiger charge is -1.97. The van der Waals surface area contributed by atoms with Crippen LogP contribution in [-0.4, -0.2) is 0 Å². The molecule has 4 heteroatoms. The van der Waals surface area contributed by atoms with Crippen molar-refractivity contribution < 1.29 is 13.2 Å². The van der Waals surface area contributed by atoms with Crippen LogP contribution >= 0.6 is 15.9 Å². The molecule has 0 unspecified atom stereocenters. The van der Waals surface area contributed by atoms with Gasteiger partial charge in [0.15, 0.2) is 11.4 Å². The predicted molar refractivity (Wildman–Crippen MR) is 48.6 cm³/mol. The van der Waals surface area contributed by atoms with Crippen LogP contribution in [0.3, 0.4) is 0 Å². The second kappa shape index (κ2) is 2.80. The number of hydrogen-bond donors (Lipinski definition) is 0. The number of fused-ring (bicyclic) bond motifs is 1. The molecule has 0 aliphatic heterocycles. The first-order valence-electron chi connectivity index (χ1n) is 3.62. The number of aryl methyl sites for hydroxylation is 1. The molecule has 0 saturated carbocycles. The zero-order chi connectivity index (χ0) is 9.59. The molecule has 0 fully saturated rings. The van der Waals surface area contributed by atoms with Gasteiger partial charge in [0, 0.05) is 9.86 Å². The third kappa shape index (κ3) is 1.16. The fourth-order valence-corrected chi connectivity index (χ4v) is 1.95. The van der Waals surface area contributed by atoms with Gasteiger partial charge < -0.3 is 4.42 Å². The summed E-state index contributed by atoms with van der Waals surface area (Å²) >= 11 is 3.15. The van der Waals surface area contributed by atoms with E-state index in [4.69, 9.17) is 4.42 Å². The molecule has 0 spiro atoms. The van der Waals surface area contributed by atoms with Crippen LogP contribution in [0.5, 0.6) is 0 Å². The summed E-state index contributed by atoms with van der Waals surface area (Å²) in [6.45, 7) is 1.77. The molecule has 13 heavy (non-hydrogen) atoms. The zero-order valence-electron chi connectivity index (χ0n) is 6.70. The van der Waals surface area contributed by atoms with Crippen molar-refractivity contribution >= 4 is 26.9 Å². The predicted octanol–water partition coefficient (Wildman–Crippen LogP) is 3.78. The van der Waals surface area contributed by atoms with E-state index in [1.54, 1.807) is 6.92 Å². The largest absolute Gasteiger partial charge is 0.461 e. The zero-order valence-corrected chi connectivity index (χ0v) is 8.28. The Hall–Kier alpha value is -0.900. The Morgan fingerprint density at radius 3 is 2.77 bits per heavy atom. The molecular weight excluding hydrogens is 242 g/mol. The molecule has 0 amide bonds. The highest BCUT2D eigenvalue weighted by Crippen LogP contribution is 2.31. The Kier molecular flexibility index (Phi) is 1.87. The number of rotatable bonds is 0. The minimum atomic E-state index is -0.939. The van der Waals surface area contributed by atoms with Crippen LogP contribution in [0.25, 0.3) is 11.0 Å². The van der Waals surface area contributed by atoms with E-state index in [-0.39, 0.29) is 5.58 Å². The summed E-state index contributed by atoms with van der Waals surface area (Å²) in [5, 5.41) is 0.582. The fourth-order valence-electron chi connectivity index (χ4n) is 1.26. The van der Waals surface area contributed by atoms with Gasteiger partial charge in [-0.3, -0.25) is 0 Å². The van der Waals surface area contributed by atoms with Crippen molar-refractivity contribution in [2.45, 2.75) is 6.92 Å². The Morgan fingerprint density at radius 1 is 1.38 bits per heavy atom. The van der Waals surface area contributed by atoms with E-state index in [0.717, 1.165) is 11.6 Å². The molecule has 0 aliphatic rings. The topological polar surface area (TPSA) is 13.1 Å². The van der Waals surface area contributed by atoms with Crippen molar-refractivity contribution in [3.05, 3.63) is 34.0 Å². The van der Waals surface area contributed by atoms with Crippen molar-refractivity contribution in [2.75, 3.05) is 0 Å². The molecule has 68 valence electrons. The SMILES string of the molecule is Cc1coc2c(F)c(F)cc(Br)c12.